The molecule has 0 aromatic carbocycles. The summed E-state index contributed by atoms with van der Waals surface area (Å²) in [4.78, 5) is 11.2. The summed E-state index contributed by atoms with van der Waals surface area (Å²) in [6, 6.07) is 0. The molecule has 2 heteroatoms. The molecule has 0 N–H and O–H groups in total. The van der Waals surface area contributed by atoms with Crippen LogP contribution in [0.3, 0.4) is 0 Å². The Hall–Kier alpha value is -1.05. The van der Waals surface area contributed by atoms with Crippen LogP contribution in [0.1, 0.15) is 19.3 Å². The van der Waals surface area contributed by atoms with E-state index in [-0.39, 0.29) is 12.1 Å². The molecular formula is C13H16O2. The van der Waals surface area contributed by atoms with Crippen LogP contribution in [0.25, 0.3) is 0 Å². The van der Waals surface area contributed by atoms with Crippen molar-refractivity contribution >= 4 is 5.97 Å². The summed E-state index contributed by atoms with van der Waals surface area (Å²) >= 11 is 0. The second-order valence-corrected chi connectivity index (χ2v) is 4.98. The van der Waals surface area contributed by atoms with E-state index in [1.807, 2.05) is 0 Å². The van der Waals surface area contributed by atoms with Gasteiger partial charge in [-0.2, -0.15) is 0 Å². The van der Waals surface area contributed by atoms with Crippen molar-refractivity contribution < 1.29 is 9.53 Å². The predicted octanol–water partition coefficient (Wildman–Crippen LogP) is 2.32. The number of hydrogen-bond acceptors (Lipinski definition) is 2. The maximum atomic E-state index is 11.2. The lowest BCUT2D eigenvalue weighted by Crippen LogP contribution is -2.29. The van der Waals surface area contributed by atoms with Gasteiger partial charge in [0.15, 0.2) is 0 Å². The van der Waals surface area contributed by atoms with Gasteiger partial charge in [-0.25, -0.2) is 4.79 Å². The summed E-state index contributed by atoms with van der Waals surface area (Å²) in [7, 11) is 0. The number of fused-ring (bicyclic) bond motifs is 5. The van der Waals surface area contributed by atoms with Gasteiger partial charge in [-0.3, -0.25) is 0 Å². The first kappa shape index (κ1) is 9.20. The Bertz CT molecular complexity index is 331. The molecule has 0 unspecified atom stereocenters. The van der Waals surface area contributed by atoms with Gasteiger partial charge in [0.2, 0.25) is 0 Å². The highest BCUT2D eigenvalue weighted by atomic mass is 16.5. The molecule has 80 valence electrons. The summed E-state index contributed by atoms with van der Waals surface area (Å²) in [6.07, 6.45) is 9.69. The molecule has 0 amide bonds. The van der Waals surface area contributed by atoms with Gasteiger partial charge in [0, 0.05) is 12.0 Å². The molecule has 0 heterocycles. The van der Waals surface area contributed by atoms with Crippen molar-refractivity contribution in [2.75, 3.05) is 0 Å². The zero-order valence-corrected chi connectivity index (χ0v) is 8.76. The molecule has 0 spiro atoms. The summed E-state index contributed by atoms with van der Waals surface area (Å²) < 4.78 is 5.38. The van der Waals surface area contributed by atoms with Crippen molar-refractivity contribution in [3.8, 4) is 0 Å². The van der Waals surface area contributed by atoms with Crippen molar-refractivity contribution in [2.45, 2.75) is 25.4 Å². The molecule has 0 radical (unpaired) electrons. The third-order valence-electron chi connectivity index (χ3n) is 4.37. The van der Waals surface area contributed by atoms with E-state index >= 15 is 0 Å². The second-order valence-electron chi connectivity index (χ2n) is 4.98. The molecule has 0 aromatic heterocycles. The largest absolute Gasteiger partial charge is 0.455 e. The molecule has 0 saturated heterocycles. The molecule has 2 nitrogen and oxygen atoms in total. The van der Waals surface area contributed by atoms with Gasteiger partial charge in [0.1, 0.15) is 6.10 Å². The fourth-order valence-corrected chi connectivity index (χ4v) is 3.82. The maximum absolute atomic E-state index is 11.2. The van der Waals surface area contributed by atoms with Crippen LogP contribution in [-0.2, 0) is 9.53 Å². The van der Waals surface area contributed by atoms with E-state index in [1.54, 1.807) is 0 Å². The SMILES string of the molecule is C=CC(=O)O[C@@H]1C=C[C@@H]2[C@H]3CC[C@@H](C3)[C@H]21. The standard InChI is InChI=1S/C13H16O2/c1-2-12(14)15-11-6-5-10-8-3-4-9(7-8)13(10)11/h2,5-6,8-11,13H,1,3-4,7H2/t8-,9-,10+,11+,13+/m0/s1. The van der Waals surface area contributed by atoms with E-state index in [4.69, 9.17) is 4.74 Å². The van der Waals surface area contributed by atoms with Gasteiger partial charge in [-0.1, -0.05) is 12.7 Å². The van der Waals surface area contributed by atoms with Crippen molar-refractivity contribution in [1.82, 2.24) is 0 Å². The van der Waals surface area contributed by atoms with Crippen LogP contribution in [0.5, 0.6) is 0 Å². The average Bonchev–Trinajstić information content (AvgIpc) is 2.89. The summed E-state index contributed by atoms with van der Waals surface area (Å²) in [5.74, 6) is 2.63. The minimum absolute atomic E-state index is 0.0239. The van der Waals surface area contributed by atoms with E-state index < -0.39 is 0 Å². The Labute approximate surface area is 90.0 Å². The molecule has 3 aliphatic carbocycles. The number of rotatable bonds is 2. The van der Waals surface area contributed by atoms with E-state index in [0.29, 0.717) is 11.8 Å². The van der Waals surface area contributed by atoms with Gasteiger partial charge in [0.25, 0.3) is 0 Å². The number of ether oxygens (including phenoxy) is 1. The Morgan fingerprint density at radius 3 is 2.93 bits per heavy atom. The van der Waals surface area contributed by atoms with Crippen molar-refractivity contribution in [3.05, 3.63) is 24.8 Å². The first-order valence-electron chi connectivity index (χ1n) is 5.81. The Morgan fingerprint density at radius 2 is 2.13 bits per heavy atom. The minimum Gasteiger partial charge on any atom is -0.455 e. The zero-order valence-electron chi connectivity index (χ0n) is 8.76. The lowest BCUT2D eigenvalue weighted by Gasteiger charge is -2.28. The van der Waals surface area contributed by atoms with Gasteiger partial charge < -0.3 is 4.74 Å². The predicted molar refractivity (Wildman–Crippen MR) is 57.0 cm³/mol. The normalized spacial score (nSPS) is 45.5. The van der Waals surface area contributed by atoms with Crippen molar-refractivity contribution in [2.24, 2.45) is 23.7 Å². The summed E-state index contributed by atoms with van der Waals surface area (Å²) in [5.41, 5.74) is 0. The monoisotopic (exact) mass is 204 g/mol. The van der Waals surface area contributed by atoms with E-state index in [0.717, 1.165) is 11.8 Å². The van der Waals surface area contributed by atoms with Gasteiger partial charge in [-0.15, -0.1) is 0 Å². The highest BCUT2D eigenvalue weighted by Gasteiger charge is 2.52. The highest BCUT2D eigenvalue weighted by molar-refractivity contribution is 5.81. The molecule has 2 saturated carbocycles. The van der Waals surface area contributed by atoms with E-state index in [1.165, 1.54) is 25.3 Å². The fraction of sp³-hybridized carbons (Fsp3) is 0.615. The van der Waals surface area contributed by atoms with Crippen LogP contribution in [0.2, 0.25) is 0 Å². The molecule has 0 aliphatic heterocycles. The minimum atomic E-state index is -0.284. The smallest absolute Gasteiger partial charge is 0.330 e. The molecular weight excluding hydrogens is 188 g/mol. The van der Waals surface area contributed by atoms with Crippen LogP contribution < -0.4 is 0 Å². The molecule has 2 bridgehead atoms. The Balaban J connectivity index is 1.75. The summed E-state index contributed by atoms with van der Waals surface area (Å²) in [6.45, 7) is 3.44. The first-order valence-corrected chi connectivity index (χ1v) is 5.81. The second kappa shape index (κ2) is 3.22. The number of esters is 1. The number of carbonyl (C=O) groups is 1. The van der Waals surface area contributed by atoms with Crippen LogP contribution in [0.4, 0.5) is 0 Å². The van der Waals surface area contributed by atoms with Crippen molar-refractivity contribution in [3.63, 3.8) is 0 Å². The van der Waals surface area contributed by atoms with Gasteiger partial charge in [0.05, 0.1) is 0 Å². The lowest BCUT2D eigenvalue weighted by molar-refractivity contribution is -0.143. The van der Waals surface area contributed by atoms with Crippen LogP contribution >= 0.6 is 0 Å². The zero-order chi connectivity index (χ0) is 10.4. The van der Waals surface area contributed by atoms with Crippen LogP contribution in [0.15, 0.2) is 24.8 Å². The quantitative estimate of drug-likeness (QED) is 0.392. The van der Waals surface area contributed by atoms with Gasteiger partial charge >= 0.3 is 5.97 Å². The first-order chi connectivity index (χ1) is 7.29. The molecule has 2 fully saturated rings. The number of carbonyl (C=O) groups excluding carboxylic acids is 1. The average molecular weight is 204 g/mol. The molecule has 3 aliphatic rings. The Morgan fingerprint density at radius 1 is 1.33 bits per heavy atom. The Kier molecular flexibility index (Phi) is 1.98. The number of hydrogen-bond donors (Lipinski definition) is 0. The topological polar surface area (TPSA) is 26.3 Å². The van der Waals surface area contributed by atoms with E-state index in [9.17, 15) is 4.79 Å². The highest BCUT2D eigenvalue weighted by Crippen LogP contribution is 2.56. The van der Waals surface area contributed by atoms with Crippen LogP contribution in [-0.4, -0.2) is 12.1 Å². The third-order valence-corrected chi connectivity index (χ3v) is 4.37. The van der Waals surface area contributed by atoms with Crippen LogP contribution in [0, 0.1) is 23.7 Å². The third kappa shape index (κ3) is 1.27. The molecule has 5 atom stereocenters. The maximum Gasteiger partial charge on any atom is 0.330 e. The fourth-order valence-electron chi connectivity index (χ4n) is 3.82. The molecule has 0 aromatic rings. The van der Waals surface area contributed by atoms with Gasteiger partial charge in [-0.05, 0) is 43.1 Å². The van der Waals surface area contributed by atoms with Crippen molar-refractivity contribution in [1.29, 1.82) is 0 Å². The van der Waals surface area contributed by atoms with E-state index in [2.05, 4.69) is 18.7 Å². The molecule has 3 rings (SSSR count). The lowest BCUT2D eigenvalue weighted by atomic mass is 9.80. The summed E-state index contributed by atoms with van der Waals surface area (Å²) in [5, 5.41) is 0. The molecule has 15 heavy (non-hydrogen) atoms. The number of allylic oxidation sites excluding steroid dienone is 1.